The summed E-state index contributed by atoms with van der Waals surface area (Å²) in [5.41, 5.74) is 1.93. The molecule has 3 rings (SSSR count). The molecule has 1 aromatic heterocycles. The standard InChI is InChI=1S/C18H21ClN4O/c1-12-7-9-23(10-8-12)17-6-5-16(21-22-17)18(24)20-15-4-3-14(19)11-13(15)2/h3-6,11-12H,7-10H2,1-2H3,(H,20,24). The number of nitrogens with one attached hydrogen (secondary N) is 1. The topological polar surface area (TPSA) is 58.1 Å². The predicted molar refractivity (Wildman–Crippen MR) is 96.8 cm³/mol. The second-order valence-electron chi connectivity index (χ2n) is 6.36. The largest absolute Gasteiger partial charge is 0.355 e. The highest BCUT2D eigenvalue weighted by atomic mass is 35.5. The smallest absolute Gasteiger partial charge is 0.276 e. The number of carbonyl (C=O) groups excluding carboxylic acids is 1. The number of hydrogen-bond donors (Lipinski definition) is 1. The summed E-state index contributed by atoms with van der Waals surface area (Å²) in [6.07, 6.45) is 2.33. The molecule has 24 heavy (non-hydrogen) atoms. The van der Waals surface area contributed by atoms with Crippen molar-refractivity contribution >= 4 is 29.0 Å². The highest BCUT2D eigenvalue weighted by Crippen LogP contribution is 2.22. The van der Waals surface area contributed by atoms with Gasteiger partial charge >= 0.3 is 0 Å². The van der Waals surface area contributed by atoms with Crippen LogP contribution in [0, 0.1) is 12.8 Å². The third-order valence-corrected chi connectivity index (χ3v) is 4.66. The molecule has 0 radical (unpaired) electrons. The molecule has 0 spiro atoms. The van der Waals surface area contributed by atoms with Crippen LogP contribution in [0.2, 0.25) is 5.02 Å². The average Bonchev–Trinajstić information content (AvgIpc) is 2.58. The molecule has 0 saturated carbocycles. The van der Waals surface area contributed by atoms with Crippen LogP contribution in [0.25, 0.3) is 0 Å². The average molecular weight is 345 g/mol. The summed E-state index contributed by atoms with van der Waals surface area (Å²) >= 11 is 5.93. The number of anilines is 2. The Kier molecular flexibility index (Phi) is 5.00. The molecule has 0 bridgehead atoms. The fraction of sp³-hybridized carbons (Fsp3) is 0.389. The third-order valence-electron chi connectivity index (χ3n) is 4.43. The fourth-order valence-electron chi connectivity index (χ4n) is 2.81. The van der Waals surface area contributed by atoms with Crippen LogP contribution < -0.4 is 10.2 Å². The van der Waals surface area contributed by atoms with Crippen LogP contribution in [0.5, 0.6) is 0 Å². The molecule has 0 atom stereocenters. The molecule has 1 aliphatic rings. The number of amides is 1. The van der Waals surface area contributed by atoms with Gasteiger partial charge in [-0.1, -0.05) is 18.5 Å². The van der Waals surface area contributed by atoms with Crippen molar-refractivity contribution in [1.82, 2.24) is 10.2 Å². The fourth-order valence-corrected chi connectivity index (χ4v) is 3.03. The van der Waals surface area contributed by atoms with E-state index in [1.165, 1.54) is 12.8 Å². The molecule has 6 heteroatoms. The minimum absolute atomic E-state index is 0.272. The van der Waals surface area contributed by atoms with Gasteiger partial charge in [0.1, 0.15) is 0 Å². The zero-order valence-electron chi connectivity index (χ0n) is 13.9. The second-order valence-corrected chi connectivity index (χ2v) is 6.80. The van der Waals surface area contributed by atoms with E-state index in [9.17, 15) is 4.79 Å². The molecule has 2 aromatic rings. The second kappa shape index (κ2) is 7.18. The number of aromatic nitrogens is 2. The summed E-state index contributed by atoms with van der Waals surface area (Å²) in [5.74, 6) is 1.33. The Hall–Kier alpha value is -2.14. The van der Waals surface area contributed by atoms with Crippen molar-refractivity contribution in [3.05, 3.63) is 46.6 Å². The van der Waals surface area contributed by atoms with Gasteiger partial charge in [0, 0.05) is 23.8 Å². The van der Waals surface area contributed by atoms with Crippen molar-refractivity contribution in [2.45, 2.75) is 26.7 Å². The Morgan fingerprint density at radius 3 is 2.58 bits per heavy atom. The normalized spacial score (nSPS) is 15.4. The van der Waals surface area contributed by atoms with Gasteiger partial charge in [0.25, 0.3) is 5.91 Å². The molecule has 1 fully saturated rings. The van der Waals surface area contributed by atoms with E-state index in [0.29, 0.717) is 10.7 Å². The molecule has 1 amide bonds. The zero-order chi connectivity index (χ0) is 17.1. The molecule has 1 saturated heterocycles. The van der Waals surface area contributed by atoms with Crippen molar-refractivity contribution < 1.29 is 4.79 Å². The van der Waals surface area contributed by atoms with Gasteiger partial charge < -0.3 is 10.2 Å². The van der Waals surface area contributed by atoms with Crippen molar-refractivity contribution in [3.8, 4) is 0 Å². The van der Waals surface area contributed by atoms with Crippen LogP contribution in [0.15, 0.2) is 30.3 Å². The summed E-state index contributed by atoms with van der Waals surface area (Å²) in [4.78, 5) is 14.5. The van der Waals surface area contributed by atoms with Gasteiger partial charge in [-0.2, -0.15) is 0 Å². The quantitative estimate of drug-likeness (QED) is 0.916. The maximum absolute atomic E-state index is 12.3. The number of halogens is 1. The van der Waals surface area contributed by atoms with E-state index in [1.807, 2.05) is 19.1 Å². The van der Waals surface area contributed by atoms with Crippen LogP contribution in [0.3, 0.4) is 0 Å². The molecule has 0 unspecified atom stereocenters. The van der Waals surface area contributed by atoms with Crippen LogP contribution >= 0.6 is 11.6 Å². The first-order chi connectivity index (χ1) is 11.5. The monoisotopic (exact) mass is 344 g/mol. The lowest BCUT2D eigenvalue weighted by atomic mass is 9.99. The van der Waals surface area contributed by atoms with Gasteiger partial charge in [0.2, 0.25) is 0 Å². The minimum Gasteiger partial charge on any atom is -0.355 e. The molecule has 5 nitrogen and oxygen atoms in total. The highest BCUT2D eigenvalue weighted by molar-refractivity contribution is 6.30. The molecule has 1 N–H and O–H groups in total. The number of aryl methyl sites for hydroxylation is 1. The number of nitrogens with zero attached hydrogens (tertiary/aromatic N) is 3. The number of carbonyl (C=O) groups is 1. The van der Waals surface area contributed by atoms with Crippen molar-refractivity contribution in [1.29, 1.82) is 0 Å². The van der Waals surface area contributed by atoms with Crippen LogP contribution in [-0.2, 0) is 0 Å². The number of benzene rings is 1. The highest BCUT2D eigenvalue weighted by Gasteiger charge is 2.18. The molecular weight excluding hydrogens is 324 g/mol. The Morgan fingerprint density at radius 2 is 1.96 bits per heavy atom. The van der Waals surface area contributed by atoms with Gasteiger partial charge in [0.15, 0.2) is 11.5 Å². The Labute approximate surface area is 147 Å². The molecule has 1 aliphatic heterocycles. The number of rotatable bonds is 3. The third kappa shape index (κ3) is 3.85. The van der Waals surface area contributed by atoms with Gasteiger partial charge in [-0.15, -0.1) is 10.2 Å². The first-order valence-electron chi connectivity index (χ1n) is 8.19. The van der Waals surface area contributed by atoms with Crippen molar-refractivity contribution in [3.63, 3.8) is 0 Å². The summed E-state index contributed by atoms with van der Waals surface area (Å²) in [6, 6.07) is 8.93. The summed E-state index contributed by atoms with van der Waals surface area (Å²) in [5, 5.41) is 11.8. The summed E-state index contributed by atoms with van der Waals surface area (Å²) in [6.45, 7) is 6.15. The SMILES string of the molecule is Cc1cc(Cl)ccc1NC(=O)c1ccc(N2CCC(C)CC2)nn1. The van der Waals surface area contributed by atoms with Crippen LogP contribution in [0.1, 0.15) is 35.8 Å². The molecule has 126 valence electrons. The van der Waals surface area contributed by atoms with E-state index in [0.717, 1.165) is 36.1 Å². The van der Waals surface area contributed by atoms with Gasteiger partial charge in [-0.05, 0) is 61.6 Å². The van der Waals surface area contributed by atoms with Gasteiger partial charge in [-0.3, -0.25) is 4.79 Å². The van der Waals surface area contributed by atoms with Crippen LogP contribution in [0.4, 0.5) is 11.5 Å². The van der Waals surface area contributed by atoms with Gasteiger partial charge in [0.05, 0.1) is 0 Å². The van der Waals surface area contributed by atoms with Crippen molar-refractivity contribution in [2.24, 2.45) is 5.92 Å². The minimum atomic E-state index is -0.272. The molecule has 0 aliphatic carbocycles. The van der Waals surface area contributed by atoms with E-state index >= 15 is 0 Å². The summed E-state index contributed by atoms with van der Waals surface area (Å²) < 4.78 is 0. The first kappa shape index (κ1) is 16.7. The molecule has 2 heterocycles. The number of hydrogen-bond acceptors (Lipinski definition) is 4. The lowest BCUT2D eigenvalue weighted by Crippen LogP contribution is -2.33. The van der Waals surface area contributed by atoms with E-state index in [1.54, 1.807) is 18.2 Å². The lowest BCUT2D eigenvalue weighted by molar-refractivity contribution is 0.102. The Bertz CT molecular complexity index is 724. The van der Waals surface area contributed by atoms with E-state index in [4.69, 9.17) is 11.6 Å². The maximum atomic E-state index is 12.3. The van der Waals surface area contributed by atoms with Crippen molar-refractivity contribution in [2.75, 3.05) is 23.3 Å². The summed E-state index contributed by atoms with van der Waals surface area (Å²) in [7, 11) is 0. The van der Waals surface area contributed by atoms with E-state index in [-0.39, 0.29) is 5.91 Å². The number of piperidine rings is 1. The Balaban J connectivity index is 1.67. The molecule has 1 aromatic carbocycles. The van der Waals surface area contributed by atoms with E-state index < -0.39 is 0 Å². The van der Waals surface area contributed by atoms with Crippen LogP contribution in [-0.4, -0.2) is 29.2 Å². The predicted octanol–water partition coefficient (Wildman–Crippen LogP) is 3.93. The molecular formula is C18H21ClN4O. The zero-order valence-corrected chi connectivity index (χ0v) is 14.7. The Morgan fingerprint density at radius 1 is 1.21 bits per heavy atom. The first-order valence-corrected chi connectivity index (χ1v) is 8.57. The maximum Gasteiger partial charge on any atom is 0.276 e. The van der Waals surface area contributed by atoms with Gasteiger partial charge in [-0.25, -0.2) is 0 Å². The van der Waals surface area contributed by atoms with E-state index in [2.05, 4.69) is 27.3 Å². The lowest BCUT2D eigenvalue weighted by Gasteiger charge is -2.30.